The highest BCUT2D eigenvalue weighted by Crippen LogP contribution is 2.20. The number of nitrogens with one attached hydrogen (secondary N) is 1. The van der Waals surface area contributed by atoms with Crippen LogP contribution in [-0.4, -0.2) is 65.9 Å². The standard InChI is InChI=1S/C6H15NO6S/c1-7-5(2-8)6(3-9,4-10)14(11,12)13/h5,7-10H,2-4H2,1H3,(H,11,12,13). The van der Waals surface area contributed by atoms with Gasteiger partial charge in [0.25, 0.3) is 10.1 Å². The molecule has 0 saturated carbocycles. The van der Waals surface area contributed by atoms with Gasteiger partial charge in [0.05, 0.1) is 25.9 Å². The van der Waals surface area contributed by atoms with Crippen molar-refractivity contribution >= 4 is 10.1 Å². The summed E-state index contributed by atoms with van der Waals surface area (Å²) in [5, 5.41) is 29.0. The van der Waals surface area contributed by atoms with Crippen LogP contribution in [-0.2, 0) is 10.1 Å². The summed E-state index contributed by atoms with van der Waals surface area (Å²) in [5.74, 6) is 0. The maximum atomic E-state index is 11.0. The summed E-state index contributed by atoms with van der Waals surface area (Å²) in [7, 11) is -3.33. The average Bonchev–Trinajstić information content (AvgIpc) is 2.12. The van der Waals surface area contributed by atoms with E-state index in [-0.39, 0.29) is 0 Å². The number of aliphatic hydroxyl groups excluding tert-OH is 3. The van der Waals surface area contributed by atoms with Gasteiger partial charge in [0.1, 0.15) is 0 Å². The normalized spacial score (nSPS) is 15.5. The first-order chi connectivity index (χ1) is 6.39. The minimum atomic E-state index is -4.67. The molecule has 0 heterocycles. The smallest absolute Gasteiger partial charge is 0.276 e. The first kappa shape index (κ1) is 13.8. The van der Waals surface area contributed by atoms with E-state index in [2.05, 4.69) is 5.32 Å². The fourth-order valence-electron chi connectivity index (χ4n) is 1.13. The summed E-state index contributed by atoms with van der Waals surface area (Å²) in [5.41, 5.74) is 0. The number of rotatable bonds is 6. The molecule has 0 rings (SSSR count). The maximum Gasteiger partial charge on any atom is 0.276 e. The minimum absolute atomic E-state index is 0.641. The van der Waals surface area contributed by atoms with Crippen molar-refractivity contribution in [2.24, 2.45) is 0 Å². The second-order valence-corrected chi connectivity index (χ2v) is 4.64. The molecule has 0 bridgehead atoms. The lowest BCUT2D eigenvalue weighted by Crippen LogP contribution is -2.61. The Hall–Kier alpha value is -0.250. The van der Waals surface area contributed by atoms with E-state index >= 15 is 0 Å². The summed E-state index contributed by atoms with van der Waals surface area (Å²) in [6, 6.07) is -1.15. The van der Waals surface area contributed by atoms with E-state index in [4.69, 9.17) is 19.9 Å². The summed E-state index contributed by atoms with van der Waals surface area (Å²) in [6.07, 6.45) is 0. The van der Waals surface area contributed by atoms with E-state index in [9.17, 15) is 8.42 Å². The fraction of sp³-hybridized carbons (Fsp3) is 1.00. The van der Waals surface area contributed by atoms with E-state index in [1.165, 1.54) is 7.05 Å². The van der Waals surface area contributed by atoms with Crippen molar-refractivity contribution in [3.05, 3.63) is 0 Å². The molecule has 0 aliphatic rings. The summed E-state index contributed by atoms with van der Waals surface area (Å²) in [4.78, 5) is 0. The van der Waals surface area contributed by atoms with Crippen molar-refractivity contribution < 1.29 is 28.3 Å². The Morgan fingerprint density at radius 1 is 1.29 bits per heavy atom. The van der Waals surface area contributed by atoms with Crippen LogP contribution in [0.1, 0.15) is 0 Å². The van der Waals surface area contributed by atoms with E-state index in [0.717, 1.165) is 0 Å². The Kier molecular flexibility index (Phi) is 4.92. The molecule has 0 aliphatic heterocycles. The van der Waals surface area contributed by atoms with Gasteiger partial charge in [0.15, 0.2) is 4.75 Å². The predicted octanol–water partition coefficient (Wildman–Crippen LogP) is -2.82. The van der Waals surface area contributed by atoms with E-state index in [0.29, 0.717) is 0 Å². The van der Waals surface area contributed by atoms with Crippen LogP contribution in [0.25, 0.3) is 0 Å². The van der Waals surface area contributed by atoms with E-state index in [1.807, 2.05) is 0 Å². The van der Waals surface area contributed by atoms with Gasteiger partial charge in [-0.25, -0.2) is 0 Å². The lowest BCUT2D eigenvalue weighted by atomic mass is 10.0. The SMILES string of the molecule is CNC(CO)C(CO)(CO)S(=O)(=O)O. The van der Waals surface area contributed by atoms with Gasteiger partial charge < -0.3 is 20.6 Å². The molecule has 5 N–H and O–H groups in total. The van der Waals surface area contributed by atoms with Crippen molar-refractivity contribution in [2.75, 3.05) is 26.9 Å². The average molecular weight is 229 g/mol. The molecule has 14 heavy (non-hydrogen) atoms. The van der Waals surface area contributed by atoms with Gasteiger partial charge in [-0.3, -0.25) is 4.55 Å². The van der Waals surface area contributed by atoms with Crippen molar-refractivity contribution in [1.29, 1.82) is 0 Å². The molecular formula is C6H15NO6S. The molecule has 8 heteroatoms. The summed E-state index contributed by atoms with van der Waals surface area (Å²) in [6.45, 7) is -2.62. The Morgan fingerprint density at radius 3 is 1.79 bits per heavy atom. The predicted molar refractivity (Wildman–Crippen MR) is 48.4 cm³/mol. The molecule has 0 aliphatic carbocycles. The van der Waals surface area contributed by atoms with Gasteiger partial charge in [-0.2, -0.15) is 8.42 Å². The van der Waals surface area contributed by atoms with Crippen LogP contribution in [0.3, 0.4) is 0 Å². The van der Waals surface area contributed by atoms with Gasteiger partial charge in [-0.05, 0) is 7.05 Å². The van der Waals surface area contributed by atoms with E-state index in [1.54, 1.807) is 0 Å². The molecule has 0 radical (unpaired) electrons. The highest BCUT2D eigenvalue weighted by molar-refractivity contribution is 7.87. The summed E-state index contributed by atoms with van der Waals surface area (Å²) < 4.78 is 28.6. The van der Waals surface area contributed by atoms with Crippen molar-refractivity contribution in [2.45, 2.75) is 10.8 Å². The lowest BCUT2D eigenvalue weighted by molar-refractivity contribution is 0.106. The Morgan fingerprint density at radius 2 is 1.71 bits per heavy atom. The zero-order valence-electron chi connectivity index (χ0n) is 7.71. The number of hydrogen-bond donors (Lipinski definition) is 5. The third kappa shape index (κ3) is 2.22. The van der Waals surface area contributed by atoms with Crippen LogP contribution in [0.15, 0.2) is 0 Å². The van der Waals surface area contributed by atoms with Crippen molar-refractivity contribution in [3.8, 4) is 0 Å². The molecule has 0 aromatic carbocycles. The molecule has 0 aromatic rings. The lowest BCUT2D eigenvalue weighted by Gasteiger charge is -2.33. The minimum Gasteiger partial charge on any atom is -0.395 e. The fourth-order valence-corrected chi connectivity index (χ4v) is 2.01. The molecule has 0 saturated heterocycles. The molecule has 1 unspecified atom stereocenters. The van der Waals surface area contributed by atoms with Crippen molar-refractivity contribution in [3.63, 3.8) is 0 Å². The van der Waals surface area contributed by atoms with Crippen LogP contribution < -0.4 is 5.32 Å². The van der Waals surface area contributed by atoms with Gasteiger partial charge in [-0.1, -0.05) is 0 Å². The van der Waals surface area contributed by atoms with Crippen LogP contribution in [0, 0.1) is 0 Å². The zero-order valence-corrected chi connectivity index (χ0v) is 8.53. The van der Waals surface area contributed by atoms with Gasteiger partial charge in [0.2, 0.25) is 0 Å². The molecule has 0 amide bonds. The largest absolute Gasteiger partial charge is 0.395 e. The number of likely N-dealkylation sites (N-methyl/N-ethyl adjacent to an activating group) is 1. The van der Waals surface area contributed by atoms with Crippen molar-refractivity contribution in [1.82, 2.24) is 5.32 Å². The first-order valence-electron chi connectivity index (χ1n) is 3.86. The van der Waals surface area contributed by atoms with E-state index < -0.39 is 40.7 Å². The number of aliphatic hydroxyl groups is 3. The van der Waals surface area contributed by atoms with Crippen LogP contribution in [0.4, 0.5) is 0 Å². The van der Waals surface area contributed by atoms with Gasteiger partial charge in [0, 0.05) is 0 Å². The first-order valence-corrected chi connectivity index (χ1v) is 5.30. The molecule has 1 atom stereocenters. The molecule has 0 spiro atoms. The quantitative estimate of drug-likeness (QED) is 0.311. The Balaban J connectivity index is 5.27. The topological polar surface area (TPSA) is 127 Å². The molecule has 0 fully saturated rings. The zero-order chi connectivity index (χ0) is 11.4. The third-order valence-corrected chi connectivity index (χ3v) is 3.79. The molecule has 86 valence electrons. The highest BCUT2D eigenvalue weighted by Gasteiger charge is 2.48. The van der Waals surface area contributed by atoms with Gasteiger partial charge >= 0.3 is 0 Å². The second kappa shape index (κ2) is 5.01. The third-order valence-electron chi connectivity index (χ3n) is 2.22. The van der Waals surface area contributed by atoms with Gasteiger partial charge in [-0.15, -0.1) is 0 Å². The van der Waals surface area contributed by atoms with Crippen LogP contribution >= 0.6 is 0 Å². The van der Waals surface area contributed by atoms with Crippen LogP contribution in [0.5, 0.6) is 0 Å². The molecule has 7 nitrogen and oxygen atoms in total. The second-order valence-electron chi connectivity index (χ2n) is 2.88. The highest BCUT2D eigenvalue weighted by atomic mass is 32.2. The Labute approximate surface area is 82.1 Å². The monoisotopic (exact) mass is 229 g/mol. The number of hydrogen-bond acceptors (Lipinski definition) is 6. The molecular weight excluding hydrogens is 214 g/mol. The Bertz CT molecular complexity index is 255. The maximum absolute atomic E-state index is 11.0. The summed E-state index contributed by atoms with van der Waals surface area (Å²) >= 11 is 0. The molecule has 0 aromatic heterocycles. The van der Waals surface area contributed by atoms with Crippen LogP contribution in [0.2, 0.25) is 0 Å².